The predicted octanol–water partition coefficient (Wildman–Crippen LogP) is 0.876. The minimum Gasteiger partial charge on any atom is -0.344 e. The van der Waals surface area contributed by atoms with Gasteiger partial charge in [0.15, 0.2) is 0 Å². The van der Waals surface area contributed by atoms with Crippen LogP contribution in [0.5, 0.6) is 0 Å². The molecule has 1 aliphatic rings. The Morgan fingerprint density at radius 1 is 1.53 bits per heavy atom. The second-order valence-corrected chi connectivity index (χ2v) is 4.22. The van der Waals surface area contributed by atoms with Crippen LogP contribution in [0.4, 0.5) is 0 Å². The number of hydrogen-bond acceptors (Lipinski definition) is 3. The molecule has 4 heteroatoms. The molecule has 15 heavy (non-hydrogen) atoms. The molecule has 1 fully saturated rings. The van der Waals surface area contributed by atoms with Crippen LogP contribution in [-0.2, 0) is 4.79 Å². The second kappa shape index (κ2) is 5.72. The molecule has 2 N–H and O–H groups in total. The molecule has 2 unspecified atom stereocenters. The van der Waals surface area contributed by atoms with E-state index in [2.05, 4.69) is 0 Å². The maximum absolute atomic E-state index is 12.0. The molecule has 1 saturated carbocycles. The van der Waals surface area contributed by atoms with E-state index in [9.17, 15) is 4.79 Å². The predicted molar refractivity (Wildman–Crippen MR) is 57.8 cm³/mol. The van der Waals surface area contributed by atoms with Crippen LogP contribution >= 0.6 is 0 Å². The Hall–Kier alpha value is -1.08. The van der Waals surface area contributed by atoms with Gasteiger partial charge >= 0.3 is 0 Å². The molecule has 0 saturated heterocycles. The second-order valence-electron chi connectivity index (χ2n) is 4.22. The first-order valence-electron chi connectivity index (χ1n) is 5.54. The van der Waals surface area contributed by atoms with Crippen molar-refractivity contribution in [3.8, 4) is 6.07 Å². The highest BCUT2D eigenvalue weighted by Crippen LogP contribution is 2.24. The Morgan fingerprint density at radius 2 is 2.20 bits per heavy atom. The van der Waals surface area contributed by atoms with E-state index in [1.807, 2.05) is 6.07 Å². The number of nitrogens with zero attached hydrogens (tertiary/aromatic N) is 2. The highest BCUT2D eigenvalue weighted by atomic mass is 16.2. The van der Waals surface area contributed by atoms with Crippen molar-refractivity contribution in [2.75, 3.05) is 13.6 Å². The molecule has 0 radical (unpaired) electrons. The van der Waals surface area contributed by atoms with Gasteiger partial charge in [-0.05, 0) is 12.8 Å². The van der Waals surface area contributed by atoms with E-state index in [0.29, 0.717) is 13.0 Å². The van der Waals surface area contributed by atoms with Crippen molar-refractivity contribution in [2.24, 2.45) is 11.7 Å². The summed E-state index contributed by atoms with van der Waals surface area (Å²) in [7, 11) is 1.75. The van der Waals surface area contributed by atoms with Crippen LogP contribution < -0.4 is 5.73 Å². The van der Waals surface area contributed by atoms with E-state index in [0.717, 1.165) is 25.7 Å². The molecule has 0 aromatic carbocycles. The number of nitriles is 1. The van der Waals surface area contributed by atoms with E-state index < -0.39 is 0 Å². The monoisotopic (exact) mass is 209 g/mol. The van der Waals surface area contributed by atoms with Gasteiger partial charge in [0.25, 0.3) is 0 Å². The van der Waals surface area contributed by atoms with Gasteiger partial charge in [0.1, 0.15) is 0 Å². The molecule has 0 aromatic rings. The number of rotatable bonds is 3. The minimum absolute atomic E-state index is 0.00999. The molecule has 84 valence electrons. The summed E-state index contributed by atoms with van der Waals surface area (Å²) in [5.41, 5.74) is 5.93. The third kappa shape index (κ3) is 3.21. The average Bonchev–Trinajstić information content (AvgIpc) is 2.25. The molecule has 1 rings (SSSR count). The third-order valence-electron chi connectivity index (χ3n) is 3.07. The summed E-state index contributed by atoms with van der Waals surface area (Å²) >= 11 is 0. The lowest BCUT2D eigenvalue weighted by atomic mass is 9.84. The van der Waals surface area contributed by atoms with Crippen LogP contribution in [0, 0.1) is 17.2 Å². The fourth-order valence-electron chi connectivity index (χ4n) is 2.08. The Bertz CT molecular complexity index is 259. The molecular weight excluding hydrogens is 190 g/mol. The fraction of sp³-hybridized carbons (Fsp3) is 0.818. The van der Waals surface area contributed by atoms with Crippen molar-refractivity contribution >= 4 is 5.91 Å². The molecule has 0 heterocycles. The first kappa shape index (κ1) is 12.0. The largest absolute Gasteiger partial charge is 0.344 e. The third-order valence-corrected chi connectivity index (χ3v) is 3.07. The maximum Gasteiger partial charge on any atom is 0.227 e. The summed E-state index contributed by atoms with van der Waals surface area (Å²) in [6.45, 7) is 0.512. The van der Waals surface area contributed by atoms with Gasteiger partial charge < -0.3 is 10.6 Å². The first-order valence-corrected chi connectivity index (χ1v) is 5.54. The topological polar surface area (TPSA) is 70.1 Å². The summed E-state index contributed by atoms with van der Waals surface area (Å²) in [5.74, 6) is 0.0832. The van der Waals surface area contributed by atoms with Crippen LogP contribution in [0.25, 0.3) is 0 Å². The number of nitrogens with two attached hydrogens (primary N) is 1. The number of carbonyl (C=O) groups excluding carboxylic acids is 1. The van der Waals surface area contributed by atoms with Crippen molar-refractivity contribution < 1.29 is 4.79 Å². The van der Waals surface area contributed by atoms with E-state index in [1.54, 1.807) is 11.9 Å². The molecule has 1 amide bonds. The van der Waals surface area contributed by atoms with E-state index in [4.69, 9.17) is 11.0 Å². The van der Waals surface area contributed by atoms with Gasteiger partial charge in [0.2, 0.25) is 5.91 Å². The van der Waals surface area contributed by atoms with Crippen molar-refractivity contribution in [1.82, 2.24) is 4.90 Å². The van der Waals surface area contributed by atoms with Crippen LogP contribution in [-0.4, -0.2) is 30.4 Å². The SMILES string of the molecule is CN(CCC#N)C(=O)C1CCCCC1N. The fourth-order valence-corrected chi connectivity index (χ4v) is 2.08. The molecular formula is C11H19N3O. The molecule has 1 aliphatic carbocycles. The first-order chi connectivity index (χ1) is 7.16. The molecule has 2 atom stereocenters. The number of amides is 1. The Morgan fingerprint density at radius 3 is 2.80 bits per heavy atom. The quantitative estimate of drug-likeness (QED) is 0.750. The summed E-state index contributed by atoms with van der Waals surface area (Å²) in [6.07, 6.45) is 4.46. The van der Waals surface area contributed by atoms with Crippen molar-refractivity contribution in [3.63, 3.8) is 0 Å². The van der Waals surface area contributed by atoms with Gasteiger partial charge in [-0.25, -0.2) is 0 Å². The average molecular weight is 209 g/mol. The maximum atomic E-state index is 12.0. The molecule has 0 aliphatic heterocycles. The van der Waals surface area contributed by atoms with Gasteiger partial charge in [-0.15, -0.1) is 0 Å². The zero-order chi connectivity index (χ0) is 11.3. The lowest BCUT2D eigenvalue weighted by Gasteiger charge is -2.30. The van der Waals surface area contributed by atoms with Crippen LogP contribution in [0.1, 0.15) is 32.1 Å². The summed E-state index contributed by atoms with van der Waals surface area (Å²) in [5, 5.41) is 8.45. The highest BCUT2D eigenvalue weighted by Gasteiger charge is 2.29. The van der Waals surface area contributed by atoms with E-state index in [-0.39, 0.29) is 17.9 Å². The van der Waals surface area contributed by atoms with Gasteiger partial charge in [-0.3, -0.25) is 4.79 Å². The molecule has 4 nitrogen and oxygen atoms in total. The van der Waals surface area contributed by atoms with Gasteiger partial charge in [0.05, 0.1) is 18.4 Å². The van der Waals surface area contributed by atoms with Gasteiger partial charge in [-0.2, -0.15) is 5.26 Å². The van der Waals surface area contributed by atoms with Crippen molar-refractivity contribution in [2.45, 2.75) is 38.1 Å². The zero-order valence-corrected chi connectivity index (χ0v) is 9.28. The van der Waals surface area contributed by atoms with Crippen LogP contribution in [0.3, 0.4) is 0 Å². The van der Waals surface area contributed by atoms with Gasteiger partial charge in [-0.1, -0.05) is 12.8 Å². The number of hydrogen-bond donors (Lipinski definition) is 1. The van der Waals surface area contributed by atoms with Gasteiger partial charge in [0, 0.05) is 19.6 Å². The minimum atomic E-state index is -0.0255. The van der Waals surface area contributed by atoms with Crippen LogP contribution in [0.15, 0.2) is 0 Å². The standard InChI is InChI=1S/C11H19N3O/c1-14(8-4-7-12)11(15)9-5-2-3-6-10(9)13/h9-10H,2-6,8,13H2,1H3. The Labute approximate surface area is 91.0 Å². The lowest BCUT2D eigenvalue weighted by molar-refractivity contribution is -0.135. The summed E-state index contributed by atoms with van der Waals surface area (Å²) in [4.78, 5) is 13.6. The summed E-state index contributed by atoms with van der Waals surface area (Å²) < 4.78 is 0. The molecule has 0 aromatic heterocycles. The zero-order valence-electron chi connectivity index (χ0n) is 9.28. The smallest absolute Gasteiger partial charge is 0.227 e. The van der Waals surface area contributed by atoms with E-state index >= 15 is 0 Å². The Balaban J connectivity index is 2.47. The number of carbonyl (C=O) groups is 1. The molecule has 0 bridgehead atoms. The normalized spacial score (nSPS) is 25.7. The van der Waals surface area contributed by atoms with Crippen LogP contribution in [0.2, 0.25) is 0 Å². The lowest BCUT2D eigenvalue weighted by Crippen LogP contribution is -2.44. The van der Waals surface area contributed by atoms with Crippen molar-refractivity contribution in [1.29, 1.82) is 5.26 Å². The van der Waals surface area contributed by atoms with E-state index in [1.165, 1.54) is 0 Å². The molecule has 0 spiro atoms. The Kier molecular flexibility index (Phi) is 4.57. The highest BCUT2D eigenvalue weighted by molar-refractivity contribution is 5.79. The van der Waals surface area contributed by atoms with Crippen molar-refractivity contribution in [3.05, 3.63) is 0 Å². The summed E-state index contributed by atoms with van der Waals surface area (Å²) in [6, 6.07) is 2.05.